The van der Waals surface area contributed by atoms with E-state index in [2.05, 4.69) is 30.9 Å². The molecule has 1 amide bonds. The van der Waals surface area contributed by atoms with Crippen LogP contribution in [-0.4, -0.2) is 62.7 Å². The molecule has 0 saturated carbocycles. The molecular formula is C12H14ClN7O2. The number of pyridine rings is 1. The number of ether oxygens (including phenoxy) is 1. The van der Waals surface area contributed by atoms with Crippen molar-refractivity contribution in [3.05, 3.63) is 28.7 Å². The number of H-pyrrole nitrogens is 1. The molecule has 2 aromatic rings. The first-order valence-corrected chi connectivity index (χ1v) is 7.10. The van der Waals surface area contributed by atoms with Crippen LogP contribution in [0.15, 0.2) is 12.3 Å². The van der Waals surface area contributed by atoms with E-state index < -0.39 is 0 Å². The first-order chi connectivity index (χ1) is 10.7. The van der Waals surface area contributed by atoms with Crippen molar-refractivity contribution in [3.63, 3.8) is 0 Å². The summed E-state index contributed by atoms with van der Waals surface area (Å²) >= 11 is 6.17. The maximum absolute atomic E-state index is 12.3. The van der Waals surface area contributed by atoms with Gasteiger partial charge in [-0.15, -0.1) is 10.2 Å². The number of amides is 1. The normalized spacial score (nSPS) is 14.9. The van der Waals surface area contributed by atoms with Gasteiger partial charge in [-0.1, -0.05) is 16.8 Å². The average Bonchev–Trinajstić information content (AvgIpc) is 3.07. The molecule has 10 heteroatoms. The number of aromatic amines is 1. The van der Waals surface area contributed by atoms with Gasteiger partial charge in [0.05, 0.1) is 30.3 Å². The zero-order valence-corrected chi connectivity index (χ0v) is 12.4. The highest BCUT2D eigenvalue weighted by molar-refractivity contribution is 6.33. The number of hydrogen-bond acceptors (Lipinski definition) is 7. The number of nitrogens with one attached hydrogen (secondary N) is 2. The van der Waals surface area contributed by atoms with E-state index in [-0.39, 0.29) is 5.91 Å². The lowest BCUT2D eigenvalue weighted by molar-refractivity contribution is 0.0302. The van der Waals surface area contributed by atoms with E-state index >= 15 is 0 Å². The molecule has 1 aliphatic heterocycles. The topological polar surface area (TPSA) is 109 Å². The molecule has 0 aromatic carbocycles. The van der Waals surface area contributed by atoms with Crippen molar-refractivity contribution in [2.75, 3.05) is 31.6 Å². The van der Waals surface area contributed by atoms with Crippen molar-refractivity contribution in [2.24, 2.45) is 0 Å². The van der Waals surface area contributed by atoms with Crippen LogP contribution in [0.1, 0.15) is 16.2 Å². The van der Waals surface area contributed by atoms with E-state index in [1.54, 1.807) is 11.0 Å². The molecule has 2 N–H and O–H groups in total. The molecule has 3 heterocycles. The highest BCUT2D eigenvalue weighted by Gasteiger charge is 2.19. The molecule has 1 saturated heterocycles. The molecule has 0 spiro atoms. The van der Waals surface area contributed by atoms with Crippen molar-refractivity contribution in [2.45, 2.75) is 6.54 Å². The molecule has 22 heavy (non-hydrogen) atoms. The van der Waals surface area contributed by atoms with Crippen LogP contribution in [0.5, 0.6) is 0 Å². The summed E-state index contributed by atoms with van der Waals surface area (Å²) in [5, 5.41) is 16.8. The maximum Gasteiger partial charge on any atom is 0.255 e. The van der Waals surface area contributed by atoms with Crippen molar-refractivity contribution in [1.82, 2.24) is 30.5 Å². The largest absolute Gasteiger partial charge is 0.378 e. The molecule has 0 unspecified atom stereocenters. The van der Waals surface area contributed by atoms with Crippen LogP contribution in [-0.2, 0) is 11.3 Å². The monoisotopic (exact) mass is 323 g/mol. The summed E-state index contributed by atoms with van der Waals surface area (Å²) in [5.74, 6) is 0.860. The number of rotatable bonds is 4. The molecule has 1 fully saturated rings. The van der Waals surface area contributed by atoms with Gasteiger partial charge in [0.2, 0.25) is 0 Å². The lowest BCUT2D eigenvalue weighted by Crippen LogP contribution is -2.40. The van der Waals surface area contributed by atoms with Crippen LogP contribution >= 0.6 is 11.6 Å². The Balaban J connectivity index is 1.67. The minimum absolute atomic E-state index is 0.0950. The van der Waals surface area contributed by atoms with E-state index in [0.29, 0.717) is 55.1 Å². The number of carbonyl (C=O) groups excluding carboxylic acids is 1. The zero-order valence-electron chi connectivity index (χ0n) is 11.6. The number of aromatic nitrogens is 5. The number of nitrogens with zero attached hydrogens (tertiary/aromatic N) is 5. The van der Waals surface area contributed by atoms with Crippen molar-refractivity contribution >= 4 is 23.3 Å². The van der Waals surface area contributed by atoms with Gasteiger partial charge in [0.1, 0.15) is 5.82 Å². The van der Waals surface area contributed by atoms with E-state index in [4.69, 9.17) is 16.3 Å². The highest BCUT2D eigenvalue weighted by atomic mass is 35.5. The molecule has 0 atom stereocenters. The minimum Gasteiger partial charge on any atom is -0.378 e. The predicted molar refractivity (Wildman–Crippen MR) is 77.5 cm³/mol. The van der Waals surface area contributed by atoms with Crippen molar-refractivity contribution in [1.29, 1.82) is 0 Å². The fourth-order valence-electron chi connectivity index (χ4n) is 2.05. The summed E-state index contributed by atoms with van der Waals surface area (Å²) in [4.78, 5) is 18.2. The lowest BCUT2D eigenvalue weighted by Gasteiger charge is -2.26. The Hall–Kier alpha value is -2.26. The minimum atomic E-state index is -0.0950. The molecule has 1 aliphatic rings. The second-order valence-corrected chi connectivity index (χ2v) is 5.05. The number of halogens is 1. The molecule has 9 nitrogen and oxygen atoms in total. The van der Waals surface area contributed by atoms with Crippen LogP contribution in [0.25, 0.3) is 0 Å². The Morgan fingerprint density at radius 2 is 2.27 bits per heavy atom. The van der Waals surface area contributed by atoms with Gasteiger partial charge in [0, 0.05) is 19.3 Å². The first kappa shape index (κ1) is 14.7. The quantitative estimate of drug-likeness (QED) is 0.834. The van der Waals surface area contributed by atoms with E-state index in [1.807, 2.05) is 0 Å². The standard InChI is InChI=1S/C12H14ClN7O2/c13-9-5-8(12(21)20-1-3-22-4-2-20)6-14-11(9)15-7-10-16-18-19-17-10/h5-6H,1-4,7H2,(H,14,15)(H,16,17,18,19). The van der Waals surface area contributed by atoms with Gasteiger partial charge < -0.3 is 15.0 Å². The number of hydrogen-bond donors (Lipinski definition) is 2. The summed E-state index contributed by atoms with van der Waals surface area (Å²) in [6, 6.07) is 1.60. The van der Waals surface area contributed by atoms with Gasteiger partial charge in [0.15, 0.2) is 5.82 Å². The smallest absolute Gasteiger partial charge is 0.255 e. The Bertz CT molecular complexity index is 643. The van der Waals surface area contributed by atoms with E-state index in [9.17, 15) is 4.79 Å². The first-order valence-electron chi connectivity index (χ1n) is 6.73. The molecule has 0 radical (unpaired) electrons. The number of morpholine rings is 1. The Labute approximate surface area is 131 Å². The Morgan fingerprint density at radius 1 is 1.45 bits per heavy atom. The van der Waals surface area contributed by atoms with Gasteiger partial charge in [-0.25, -0.2) is 4.98 Å². The molecule has 3 rings (SSSR count). The van der Waals surface area contributed by atoms with Crippen molar-refractivity contribution in [3.8, 4) is 0 Å². The number of carbonyl (C=O) groups is 1. The predicted octanol–water partition coefficient (Wildman–Crippen LogP) is 0.333. The summed E-state index contributed by atoms with van der Waals surface area (Å²) in [7, 11) is 0. The van der Waals surface area contributed by atoms with Gasteiger partial charge in [0.25, 0.3) is 5.91 Å². The van der Waals surface area contributed by atoms with Gasteiger partial charge >= 0.3 is 0 Å². The molecule has 0 aliphatic carbocycles. The Kier molecular flexibility index (Phi) is 4.45. The van der Waals surface area contributed by atoms with Gasteiger partial charge in [-0.3, -0.25) is 4.79 Å². The third-order valence-corrected chi connectivity index (χ3v) is 3.48. The van der Waals surface area contributed by atoms with E-state index in [1.165, 1.54) is 6.20 Å². The summed E-state index contributed by atoms with van der Waals surface area (Å²) in [6.45, 7) is 2.59. The molecule has 0 bridgehead atoms. The SMILES string of the molecule is O=C(c1cnc(NCc2nn[nH]n2)c(Cl)c1)N1CCOCC1. The molecular weight excluding hydrogens is 310 g/mol. The molecule has 2 aromatic heterocycles. The average molecular weight is 324 g/mol. The summed E-state index contributed by atoms with van der Waals surface area (Å²) in [5.41, 5.74) is 0.456. The number of tetrazole rings is 1. The summed E-state index contributed by atoms with van der Waals surface area (Å²) < 4.78 is 5.23. The second kappa shape index (κ2) is 6.67. The zero-order chi connectivity index (χ0) is 15.4. The fraction of sp³-hybridized carbons (Fsp3) is 0.417. The van der Waals surface area contributed by atoms with Gasteiger partial charge in [-0.2, -0.15) is 5.21 Å². The third-order valence-electron chi connectivity index (χ3n) is 3.19. The number of anilines is 1. The van der Waals surface area contributed by atoms with Crippen LogP contribution in [0, 0.1) is 0 Å². The van der Waals surface area contributed by atoms with Crippen LogP contribution < -0.4 is 5.32 Å². The Morgan fingerprint density at radius 3 is 2.95 bits per heavy atom. The summed E-state index contributed by atoms with van der Waals surface area (Å²) in [6.07, 6.45) is 1.50. The van der Waals surface area contributed by atoms with Crippen LogP contribution in [0.2, 0.25) is 5.02 Å². The van der Waals surface area contributed by atoms with Crippen LogP contribution in [0.4, 0.5) is 5.82 Å². The van der Waals surface area contributed by atoms with Crippen molar-refractivity contribution < 1.29 is 9.53 Å². The lowest BCUT2D eigenvalue weighted by atomic mass is 10.2. The maximum atomic E-state index is 12.3. The van der Waals surface area contributed by atoms with Gasteiger partial charge in [-0.05, 0) is 6.07 Å². The fourth-order valence-corrected chi connectivity index (χ4v) is 2.29. The third kappa shape index (κ3) is 3.31. The molecule has 116 valence electrons. The van der Waals surface area contributed by atoms with Crippen LogP contribution in [0.3, 0.4) is 0 Å². The second-order valence-electron chi connectivity index (χ2n) is 4.64. The van der Waals surface area contributed by atoms with E-state index in [0.717, 1.165) is 0 Å². The highest BCUT2D eigenvalue weighted by Crippen LogP contribution is 2.21.